The molecule has 3 nitrogen and oxygen atoms in total. The molecule has 0 aliphatic carbocycles. The van der Waals surface area contributed by atoms with Gasteiger partial charge in [0.2, 0.25) is 0 Å². The minimum atomic E-state index is -0.396. The topological polar surface area (TPSA) is 41.5 Å². The molecule has 0 aromatic carbocycles. The molecule has 15 heavy (non-hydrogen) atoms. The van der Waals surface area contributed by atoms with E-state index in [0.29, 0.717) is 24.6 Å². The van der Waals surface area contributed by atoms with Gasteiger partial charge in [-0.25, -0.2) is 0 Å². The molecule has 0 bridgehead atoms. The lowest BCUT2D eigenvalue weighted by Crippen LogP contribution is -2.34. The van der Waals surface area contributed by atoms with Crippen molar-refractivity contribution in [2.45, 2.75) is 53.2 Å². The summed E-state index contributed by atoms with van der Waals surface area (Å²) in [5.74, 6) is 0. The maximum absolute atomic E-state index is 9.54. The normalized spacial score (nSPS) is 14.6. The summed E-state index contributed by atoms with van der Waals surface area (Å²) in [6.45, 7) is 12.4. The van der Waals surface area contributed by atoms with Gasteiger partial charge in [0, 0.05) is 19.2 Å². The minimum Gasteiger partial charge on any atom is -0.389 e. The third kappa shape index (κ3) is 11.8. The average Bonchev–Trinajstić information content (AvgIpc) is 2.07. The Hall–Kier alpha value is -0.120. The van der Waals surface area contributed by atoms with Gasteiger partial charge < -0.3 is 15.2 Å². The molecule has 1 atom stereocenters. The highest BCUT2D eigenvalue weighted by atomic mass is 16.5. The number of ether oxygens (including phenoxy) is 1. The predicted octanol–water partition coefficient (Wildman–Crippen LogP) is 1.80. The second-order valence-electron chi connectivity index (χ2n) is 5.60. The monoisotopic (exact) mass is 217 g/mol. The predicted molar refractivity (Wildman–Crippen MR) is 64.0 cm³/mol. The molecule has 3 heteroatoms. The van der Waals surface area contributed by atoms with Crippen molar-refractivity contribution in [3.05, 3.63) is 0 Å². The molecule has 2 N–H and O–H groups in total. The van der Waals surface area contributed by atoms with Crippen molar-refractivity contribution in [1.82, 2.24) is 5.32 Å². The molecule has 0 fully saturated rings. The smallest absolute Gasteiger partial charge is 0.0897 e. The SMILES string of the molecule is CC(C)NCC(O)COCCC(C)(C)C. The van der Waals surface area contributed by atoms with Crippen LogP contribution in [0.2, 0.25) is 0 Å². The highest BCUT2D eigenvalue weighted by Crippen LogP contribution is 2.17. The Morgan fingerprint density at radius 1 is 1.27 bits per heavy atom. The molecule has 0 radical (unpaired) electrons. The van der Waals surface area contributed by atoms with E-state index in [1.165, 1.54) is 0 Å². The first-order valence-electron chi connectivity index (χ1n) is 5.80. The van der Waals surface area contributed by atoms with Crippen LogP contribution in [0.5, 0.6) is 0 Å². The minimum absolute atomic E-state index is 0.307. The van der Waals surface area contributed by atoms with Crippen LogP contribution in [-0.4, -0.2) is 37.0 Å². The molecule has 0 aromatic rings. The maximum atomic E-state index is 9.54. The lowest BCUT2D eigenvalue weighted by atomic mass is 9.93. The standard InChI is InChI=1S/C12H27NO2/c1-10(2)13-8-11(14)9-15-7-6-12(3,4)5/h10-11,13-14H,6-9H2,1-5H3. The van der Waals surface area contributed by atoms with E-state index in [1.807, 2.05) is 0 Å². The molecule has 0 rings (SSSR count). The number of aliphatic hydroxyl groups is 1. The Morgan fingerprint density at radius 2 is 1.87 bits per heavy atom. The Bertz CT molecular complexity index is 152. The van der Waals surface area contributed by atoms with Crippen molar-refractivity contribution < 1.29 is 9.84 Å². The quantitative estimate of drug-likeness (QED) is 0.639. The third-order valence-electron chi connectivity index (χ3n) is 2.07. The molecular weight excluding hydrogens is 190 g/mol. The summed E-state index contributed by atoms with van der Waals surface area (Å²) in [5, 5.41) is 12.7. The summed E-state index contributed by atoms with van der Waals surface area (Å²) in [6.07, 6.45) is 0.629. The molecule has 92 valence electrons. The van der Waals surface area contributed by atoms with E-state index in [4.69, 9.17) is 4.74 Å². The maximum Gasteiger partial charge on any atom is 0.0897 e. The van der Waals surface area contributed by atoms with Gasteiger partial charge in [-0.05, 0) is 11.8 Å². The fourth-order valence-corrected chi connectivity index (χ4v) is 1.03. The van der Waals surface area contributed by atoms with E-state index >= 15 is 0 Å². The second kappa shape index (κ2) is 7.20. The first-order valence-corrected chi connectivity index (χ1v) is 5.80. The number of hydrogen-bond acceptors (Lipinski definition) is 3. The van der Waals surface area contributed by atoms with Crippen LogP contribution >= 0.6 is 0 Å². The zero-order chi connectivity index (χ0) is 11.9. The van der Waals surface area contributed by atoms with Gasteiger partial charge in [0.15, 0.2) is 0 Å². The summed E-state index contributed by atoms with van der Waals surface area (Å²) >= 11 is 0. The largest absolute Gasteiger partial charge is 0.389 e. The molecule has 0 saturated heterocycles. The van der Waals surface area contributed by atoms with E-state index in [1.54, 1.807) is 0 Å². The molecule has 0 aromatic heterocycles. The van der Waals surface area contributed by atoms with Crippen LogP contribution in [0.25, 0.3) is 0 Å². The lowest BCUT2D eigenvalue weighted by molar-refractivity contribution is 0.0267. The number of rotatable bonds is 7. The van der Waals surface area contributed by atoms with Crippen LogP contribution in [0.1, 0.15) is 41.0 Å². The van der Waals surface area contributed by atoms with Gasteiger partial charge in [-0.3, -0.25) is 0 Å². The van der Waals surface area contributed by atoms with E-state index in [0.717, 1.165) is 13.0 Å². The highest BCUT2D eigenvalue weighted by Gasteiger charge is 2.10. The Kier molecular flexibility index (Phi) is 7.14. The summed E-state index contributed by atoms with van der Waals surface area (Å²) in [4.78, 5) is 0. The van der Waals surface area contributed by atoms with Crippen LogP contribution in [0.4, 0.5) is 0 Å². The first-order chi connectivity index (χ1) is 6.81. The third-order valence-corrected chi connectivity index (χ3v) is 2.07. The zero-order valence-electron chi connectivity index (χ0n) is 10.8. The Labute approximate surface area is 94.2 Å². The van der Waals surface area contributed by atoms with E-state index in [-0.39, 0.29) is 0 Å². The van der Waals surface area contributed by atoms with Crippen molar-refractivity contribution in [2.24, 2.45) is 5.41 Å². The average molecular weight is 217 g/mol. The summed E-state index contributed by atoms with van der Waals surface area (Å²) < 4.78 is 5.41. The number of nitrogens with one attached hydrogen (secondary N) is 1. The van der Waals surface area contributed by atoms with Crippen molar-refractivity contribution >= 4 is 0 Å². The van der Waals surface area contributed by atoms with Gasteiger partial charge in [-0.2, -0.15) is 0 Å². The second-order valence-corrected chi connectivity index (χ2v) is 5.60. The molecule has 0 aliphatic rings. The van der Waals surface area contributed by atoms with Gasteiger partial charge in [0.25, 0.3) is 0 Å². The van der Waals surface area contributed by atoms with Crippen molar-refractivity contribution in [1.29, 1.82) is 0 Å². The van der Waals surface area contributed by atoms with Gasteiger partial charge in [0.1, 0.15) is 0 Å². The van der Waals surface area contributed by atoms with Crippen molar-refractivity contribution in [2.75, 3.05) is 19.8 Å². The first kappa shape index (κ1) is 14.9. The lowest BCUT2D eigenvalue weighted by Gasteiger charge is -2.19. The summed E-state index contributed by atoms with van der Waals surface area (Å²) in [7, 11) is 0. The Balaban J connectivity index is 3.35. The van der Waals surface area contributed by atoms with Crippen LogP contribution in [0.3, 0.4) is 0 Å². The number of aliphatic hydroxyl groups excluding tert-OH is 1. The van der Waals surface area contributed by atoms with Gasteiger partial charge >= 0.3 is 0 Å². The van der Waals surface area contributed by atoms with Crippen molar-refractivity contribution in [3.8, 4) is 0 Å². The highest BCUT2D eigenvalue weighted by molar-refractivity contribution is 4.63. The summed E-state index contributed by atoms with van der Waals surface area (Å²) in [6, 6.07) is 0.411. The van der Waals surface area contributed by atoms with Gasteiger partial charge in [0.05, 0.1) is 12.7 Å². The fourth-order valence-electron chi connectivity index (χ4n) is 1.03. The molecule has 0 amide bonds. The molecule has 1 unspecified atom stereocenters. The molecule has 0 spiro atoms. The number of hydrogen-bond donors (Lipinski definition) is 2. The van der Waals surface area contributed by atoms with E-state index in [2.05, 4.69) is 39.9 Å². The molecular formula is C12H27NO2. The zero-order valence-corrected chi connectivity index (χ0v) is 10.8. The molecule has 0 saturated carbocycles. The molecule has 0 aliphatic heterocycles. The van der Waals surface area contributed by atoms with E-state index in [9.17, 15) is 5.11 Å². The van der Waals surface area contributed by atoms with Crippen LogP contribution in [-0.2, 0) is 4.74 Å². The van der Waals surface area contributed by atoms with Crippen LogP contribution in [0.15, 0.2) is 0 Å². The Morgan fingerprint density at radius 3 is 2.33 bits per heavy atom. The van der Waals surface area contributed by atoms with Crippen LogP contribution < -0.4 is 5.32 Å². The summed E-state index contributed by atoms with van der Waals surface area (Å²) in [5.41, 5.74) is 0.307. The van der Waals surface area contributed by atoms with Gasteiger partial charge in [-0.1, -0.05) is 34.6 Å². The molecule has 0 heterocycles. The van der Waals surface area contributed by atoms with Crippen molar-refractivity contribution in [3.63, 3.8) is 0 Å². The van der Waals surface area contributed by atoms with Gasteiger partial charge in [-0.15, -0.1) is 0 Å². The fraction of sp³-hybridized carbons (Fsp3) is 1.00. The van der Waals surface area contributed by atoms with E-state index < -0.39 is 6.10 Å². The van der Waals surface area contributed by atoms with Crippen LogP contribution in [0, 0.1) is 5.41 Å².